The zero-order valence-corrected chi connectivity index (χ0v) is 10.7. The van der Waals surface area contributed by atoms with Crippen LogP contribution in [0.25, 0.3) is 0 Å². The molecule has 1 aliphatic rings. The van der Waals surface area contributed by atoms with Crippen molar-refractivity contribution in [2.75, 3.05) is 6.61 Å². The summed E-state index contributed by atoms with van der Waals surface area (Å²) in [6, 6.07) is 0. The molecule has 0 aromatic carbocycles. The van der Waals surface area contributed by atoms with Crippen LogP contribution in [0.5, 0.6) is 11.5 Å². The molecule has 3 nitrogen and oxygen atoms in total. The maximum atomic E-state index is 13.7. The standard InChI is InChI=1S/C13H18FNO2/c1-8-5-10-12(16-7-8)11(9(14)6-15-10)17-13(2,3)4/h6,8H,5,7H2,1-4H3/t8-/m1/s1. The van der Waals surface area contributed by atoms with Crippen molar-refractivity contribution in [1.29, 1.82) is 0 Å². The lowest BCUT2D eigenvalue weighted by molar-refractivity contribution is 0.111. The second-order valence-electron chi connectivity index (χ2n) is 5.55. The van der Waals surface area contributed by atoms with Crippen molar-refractivity contribution < 1.29 is 13.9 Å². The lowest BCUT2D eigenvalue weighted by atomic mass is 10.0. The third-order valence-corrected chi connectivity index (χ3v) is 2.48. The van der Waals surface area contributed by atoms with Gasteiger partial charge in [0, 0.05) is 0 Å². The number of fused-ring (bicyclic) bond motifs is 1. The van der Waals surface area contributed by atoms with Crippen LogP contribution in [0.1, 0.15) is 33.4 Å². The molecule has 1 aromatic heterocycles. The van der Waals surface area contributed by atoms with Crippen LogP contribution in [-0.4, -0.2) is 17.2 Å². The van der Waals surface area contributed by atoms with Crippen LogP contribution in [0.3, 0.4) is 0 Å². The summed E-state index contributed by atoms with van der Waals surface area (Å²) < 4.78 is 24.9. The molecule has 0 radical (unpaired) electrons. The fourth-order valence-corrected chi connectivity index (χ4v) is 1.80. The van der Waals surface area contributed by atoms with E-state index in [1.807, 2.05) is 20.8 Å². The van der Waals surface area contributed by atoms with E-state index in [1.54, 1.807) is 0 Å². The van der Waals surface area contributed by atoms with Gasteiger partial charge in [0.15, 0.2) is 11.6 Å². The fraction of sp³-hybridized carbons (Fsp3) is 0.615. The van der Waals surface area contributed by atoms with Gasteiger partial charge in [-0.3, -0.25) is 4.98 Å². The van der Waals surface area contributed by atoms with Gasteiger partial charge in [-0.1, -0.05) is 6.92 Å². The van der Waals surface area contributed by atoms with Crippen molar-refractivity contribution in [1.82, 2.24) is 4.98 Å². The SMILES string of the molecule is C[C@H]1COc2c(ncc(F)c2OC(C)(C)C)C1. The zero-order valence-electron chi connectivity index (χ0n) is 10.7. The molecule has 0 amide bonds. The smallest absolute Gasteiger partial charge is 0.201 e. The Hall–Kier alpha value is -1.32. The summed E-state index contributed by atoms with van der Waals surface area (Å²) in [4.78, 5) is 4.08. The number of hydrogen-bond acceptors (Lipinski definition) is 3. The molecule has 0 aliphatic carbocycles. The van der Waals surface area contributed by atoms with Crippen molar-refractivity contribution >= 4 is 0 Å². The molecule has 0 spiro atoms. The number of hydrogen-bond donors (Lipinski definition) is 0. The second-order valence-corrected chi connectivity index (χ2v) is 5.55. The molecular formula is C13H18FNO2. The average Bonchev–Trinajstić information content (AvgIpc) is 2.21. The molecule has 0 saturated heterocycles. The number of ether oxygens (including phenoxy) is 2. The molecule has 0 bridgehead atoms. The summed E-state index contributed by atoms with van der Waals surface area (Å²) in [5.41, 5.74) is 0.326. The van der Waals surface area contributed by atoms with Gasteiger partial charge in [-0.15, -0.1) is 0 Å². The number of halogens is 1. The predicted molar refractivity (Wildman–Crippen MR) is 62.9 cm³/mol. The fourth-order valence-electron chi connectivity index (χ4n) is 1.80. The minimum atomic E-state index is -0.465. The first-order chi connectivity index (χ1) is 7.87. The van der Waals surface area contributed by atoms with Crippen LogP contribution in [0.4, 0.5) is 4.39 Å². The van der Waals surface area contributed by atoms with Gasteiger partial charge in [-0.05, 0) is 33.1 Å². The molecule has 1 aliphatic heterocycles. The minimum absolute atomic E-state index is 0.189. The molecule has 1 aromatic rings. The molecule has 94 valence electrons. The Balaban J connectivity index is 2.40. The van der Waals surface area contributed by atoms with Crippen molar-refractivity contribution in [2.24, 2.45) is 5.92 Å². The van der Waals surface area contributed by atoms with Crippen LogP contribution in [0.15, 0.2) is 6.20 Å². The van der Waals surface area contributed by atoms with Crippen LogP contribution in [0, 0.1) is 11.7 Å². The topological polar surface area (TPSA) is 31.4 Å². The van der Waals surface area contributed by atoms with Crippen LogP contribution in [-0.2, 0) is 6.42 Å². The number of pyridine rings is 1. The Morgan fingerprint density at radius 1 is 1.47 bits per heavy atom. The van der Waals surface area contributed by atoms with Gasteiger partial charge in [0.05, 0.1) is 18.5 Å². The van der Waals surface area contributed by atoms with Gasteiger partial charge in [0.1, 0.15) is 5.60 Å². The summed E-state index contributed by atoms with van der Waals surface area (Å²) >= 11 is 0. The second kappa shape index (κ2) is 4.17. The first-order valence-electron chi connectivity index (χ1n) is 5.86. The summed E-state index contributed by atoms with van der Waals surface area (Å²) in [6.45, 7) is 8.30. The van der Waals surface area contributed by atoms with Crippen LogP contribution < -0.4 is 9.47 Å². The normalized spacial score (nSPS) is 19.5. The quantitative estimate of drug-likeness (QED) is 0.755. The molecule has 2 heterocycles. The molecule has 0 fully saturated rings. The van der Waals surface area contributed by atoms with Crippen molar-refractivity contribution in [3.05, 3.63) is 17.7 Å². The van der Waals surface area contributed by atoms with E-state index in [1.165, 1.54) is 6.20 Å². The highest BCUT2D eigenvalue weighted by molar-refractivity contribution is 5.45. The van der Waals surface area contributed by atoms with Gasteiger partial charge in [-0.25, -0.2) is 4.39 Å². The monoisotopic (exact) mass is 239 g/mol. The highest BCUT2D eigenvalue weighted by atomic mass is 19.1. The minimum Gasteiger partial charge on any atom is -0.487 e. The van der Waals surface area contributed by atoms with Crippen molar-refractivity contribution in [2.45, 2.75) is 39.7 Å². The average molecular weight is 239 g/mol. The summed E-state index contributed by atoms with van der Waals surface area (Å²) in [7, 11) is 0. The lowest BCUT2D eigenvalue weighted by Gasteiger charge is -2.27. The highest BCUT2D eigenvalue weighted by Gasteiger charge is 2.27. The molecule has 1 atom stereocenters. The zero-order chi connectivity index (χ0) is 12.6. The maximum Gasteiger partial charge on any atom is 0.201 e. The van der Waals surface area contributed by atoms with Crippen LogP contribution >= 0.6 is 0 Å². The van der Waals surface area contributed by atoms with E-state index in [9.17, 15) is 4.39 Å². The molecular weight excluding hydrogens is 221 g/mol. The van der Waals surface area contributed by atoms with E-state index < -0.39 is 11.4 Å². The van der Waals surface area contributed by atoms with E-state index in [0.29, 0.717) is 18.3 Å². The largest absolute Gasteiger partial charge is 0.487 e. The van der Waals surface area contributed by atoms with E-state index in [-0.39, 0.29) is 5.75 Å². The Labute approximate surface area is 101 Å². The number of nitrogens with zero attached hydrogens (tertiary/aromatic N) is 1. The first-order valence-corrected chi connectivity index (χ1v) is 5.86. The summed E-state index contributed by atoms with van der Waals surface area (Å²) in [5, 5.41) is 0. The van der Waals surface area contributed by atoms with Gasteiger partial charge in [0.25, 0.3) is 0 Å². The molecule has 4 heteroatoms. The van der Waals surface area contributed by atoms with E-state index in [0.717, 1.165) is 12.1 Å². The Morgan fingerprint density at radius 2 is 2.18 bits per heavy atom. The number of aromatic nitrogens is 1. The van der Waals surface area contributed by atoms with E-state index in [2.05, 4.69) is 11.9 Å². The third kappa shape index (κ3) is 2.68. The van der Waals surface area contributed by atoms with Gasteiger partial charge in [0.2, 0.25) is 5.75 Å². The van der Waals surface area contributed by atoms with E-state index >= 15 is 0 Å². The molecule has 2 rings (SSSR count). The first kappa shape index (κ1) is 12.1. The highest BCUT2D eigenvalue weighted by Crippen LogP contribution is 2.38. The lowest BCUT2D eigenvalue weighted by Crippen LogP contribution is -2.26. The van der Waals surface area contributed by atoms with Gasteiger partial charge < -0.3 is 9.47 Å². The van der Waals surface area contributed by atoms with Crippen molar-refractivity contribution in [3.63, 3.8) is 0 Å². The van der Waals surface area contributed by atoms with E-state index in [4.69, 9.17) is 9.47 Å². The van der Waals surface area contributed by atoms with Gasteiger partial charge in [-0.2, -0.15) is 0 Å². The Morgan fingerprint density at radius 3 is 2.82 bits per heavy atom. The Bertz CT molecular complexity index is 426. The molecule has 0 N–H and O–H groups in total. The maximum absolute atomic E-state index is 13.7. The van der Waals surface area contributed by atoms with Gasteiger partial charge >= 0.3 is 0 Å². The summed E-state index contributed by atoms with van der Waals surface area (Å²) in [5.74, 6) is 0.601. The molecule has 17 heavy (non-hydrogen) atoms. The predicted octanol–water partition coefficient (Wildman–Crippen LogP) is 2.97. The Kier molecular flexibility index (Phi) is 2.98. The van der Waals surface area contributed by atoms with Crippen LogP contribution in [0.2, 0.25) is 0 Å². The third-order valence-electron chi connectivity index (χ3n) is 2.48. The molecule has 0 saturated carbocycles. The summed E-state index contributed by atoms with van der Waals surface area (Å²) in [6.07, 6.45) is 2.01. The molecule has 0 unspecified atom stereocenters. The number of rotatable bonds is 1. The van der Waals surface area contributed by atoms with Crippen molar-refractivity contribution in [3.8, 4) is 11.5 Å².